The van der Waals surface area contributed by atoms with Gasteiger partial charge < -0.3 is 21.3 Å². The van der Waals surface area contributed by atoms with Gasteiger partial charge in [-0.25, -0.2) is 0 Å². The molecule has 10 aromatic carbocycles. The average Bonchev–Trinajstić information content (AvgIpc) is 3.89. The minimum Gasteiger partial charge on any atom is -0.399 e. The molecule has 4 nitrogen and oxygen atoms in total. The number of nitrogens with zero attached hydrogens (tertiary/aromatic N) is 2. The fourth-order valence-electron chi connectivity index (χ4n) is 12.7. The van der Waals surface area contributed by atoms with Crippen LogP contribution >= 0.6 is 12.6 Å². The van der Waals surface area contributed by atoms with Crippen molar-refractivity contribution < 1.29 is 0 Å². The molecule has 0 radical (unpaired) electrons. The quantitative estimate of drug-likeness (QED) is 0.105. The van der Waals surface area contributed by atoms with E-state index in [0.29, 0.717) is 5.69 Å². The van der Waals surface area contributed by atoms with Crippen LogP contribution in [-0.2, 0) is 11.8 Å². The van der Waals surface area contributed by atoms with Crippen molar-refractivity contribution in [3.05, 3.63) is 241 Å². The first-order valence-electron chi connectivity index (χ1n) is 26.5. The zero-order valence-corrected chi connectivity index (χ0v) is 43.7. The second-order valence-corrected chi connectivity index (χ2v) is 22.0. The summed E-state index contributed by atoms with van der Waals surface area (Å²) in [7, 11) is 0. The van der Waals surface area contributed by atoms with E-state index in [0.717, 1.165) is 110 Å². The van der Waals surface area contributed by atoms with Gasteiger partial charge in [-0.3, -0.25) is 0 Å². The first-order chi connectivity index (χ1) is 36.5. The summed E-state index contributed by atoms with van der Waals surface area (Å²) in [5.41, 5.74) is 39.9. The number of nitrogen functional groups attached to an aromatic ring is 1. The van der Waals surface area contributed by atoms with Gasteiger partial charge in [0.1, 0.15) is 0 Å². The Balaban J connectivity index is 1.14. The molecule has 0 saturated heterocycles. The molecule has 4 N–H and O–H groups in total. The first kappa shape index (κ1) is 46.7. The van der Waals surface area contributed by atoms with E-state index in [1.807, 2.05) is 0 Å². The van der Waals surface area contributed by atoms with Crippen LogP contribution in [0.3, 0.4) is 0 Å². The van der Waals surface area contributed by atoms with Crippen LogP contribution in [0.1, 0.15) is 61.8 Å². The van der Waals surface area contributed by atoms with Gasteiger partial charge in [0.2, 0.25) is 0 Å². The minimum atomic E-state index is -0.498. The van der Waals surface area contributed by atoms with Crippen molar-refractivity contribution in [3.8, 4) is 66.8 Å². The maximum Gasteiger partial charge on any atom is 0.0622 e. The van der Waals surface area contributed by atoms with E-state index in [1.54, 1.807) is 0 Å². The molecule has 1 fully saturated rings. The van der Waals surface area contributed by atoms with Crippen molar-refractivity contribution in [1.82, 2.24) is 0 Å². The average molecular weight is 989 g/mol. The third-order valence-corrected chi connectivity index (χ3v) is 17.3. The molecule has 0 amide bonds. The molecule has 75 heavy (non-hydrogen) atoms. The highest BCUT2D eigenvalue weighted by Gasteiger charge is 2.47. The third kappa shape index (κ3) is 7.96. The van der Waals surface area contributed by atoms with Gasteiger partial charge in [0.05, 0.1) is 17.1 Å². The summed E-state index contributed by atoms with van der Waals surface area (Å²) in [4.78, 5) is 5.79. The summed E-state index contributed by atoms with van der Waals surface area (Å²) >= 11 is 5.76. The maximum absolute atomic E-state index is 7.63. The van der Waals surface area contributed by atoms with Gasteiger partial charge in [0, 0.05) is 49.7 Å². The number of hydrogen-bond acceptors (Lipinski definition) is 5. The topological polar surface area (TPSA) is 58.5 Å². The lowest BCUT2D eigenvalue weighted by Gasteiger charge is -2.49. The number of para-hydroxylation sites is 1. The SMILES string of the molecule is Cc1cccc(-c2ccc(N(c3ccc(-c4ccccc4)cc3)c3cc4c(S)c(c3)N(c3ccccc3-c3ccccc3)c3cc5c(cc3-c3c-4cc(N)cc3C3(C)CCCCC3(C)N)-c3ccccc3C5)cc2)c1. The molecular formula is C70H60N4S. The molecule has 2 unspecified atom stereocenters. The molecule has 13 rings (SSSR count). The summed E-state index contributed by atoms with van der Waals surface area (Å²) in [6.45, 7) is 6.81. The van der Waals surface area contributed by atoms with Crippen LogP contribution in [0.15, 0.2) is 223 Å². The molecule has 1 saturated carbocycles. The van der Waals surface area contributed by atoms with Gasteiger partial charge in [-0.15, -0.1) is 12.6 Å². The predicted octanol–water partition coefficient (Wildman–Crippen LogP) is 18.6. The molecule has 2 atom stereocenters. The number of aryl methyl sites for hydroxylation is 1. The summed E-state index contributed by atoms with van der Waals surface area (Å²) in [5.74, 6) is 0. The Morgan fingerprint density at radius 2 is 1.07 bits per heavy atom. The van der Waals surface area contributed by atoms with Gasteiger partial charge in [0.25, 0.3) is 0 Å². The maximum atomic E-state index is 7.63. The van der Waals surface area contributed by atoms with Gasteiger partial charge in [-0.2, -0.15) is 0 Å². The normalized spacial score (nSPS) is 17.3. The van der Waals surface area contributed by atoms with Crippen LogP contribution < -0.4 is 21.3 Å². The van der Waals surface area contributed by atoms with Crippen molar-refractivity contribution in [2.75, 3.05) is 15.5 Å². The monoisotopic (exact) mass is 988 g/mol. The highest BCUT2D eigenvalue weighted by molar-refractivity contribution is 7.80. The van der Waals surface area contributed by atoms with Crippen LogP contribution in [0.5, 0.6) is 0 Å². The molecule has 5 heteroatoms. The highest BCUT2D eigenvalue weighted by atomic mass is 32.1. The van der Waals surface area contributed by atoms with Crippen LogP contribution in [-0.4, -0.2) is 5.54 Å². The Hall–Kier alpha value is -8.09. The fourth-order valence-corrected chi connectivity index (χ4v) is 13.0. The molecule has 2 aliphatic carbocycles. The van der Waals surface area contributed by atoms with E-state index < -0.39 is 11.0 Å². The number of hydrogen-bond donors (Lipinski definition) is 3. The summed E-state index contributed by atoms with van der Waals surface area (Å²) < 4.78 is 0. The number of nitrogens with two attached hydrogens (primary N) is 2. The van der Waals surface area contributed by atoms with Gasteiger partial charge in [-0.1, -0.05) is 177 Å². The number of fused-ring (bicyclic) bond motifs is 9. The van der Waals surface area contributed by atoms with Crippen molar-refractivity contribution in [3.63, 3.8) is 0 Å². The number of rotatable bonds is 8. The van der Waals surface area contributed by atoms with E-state index >= 15 is 0 Å². The summed E-state index contributed by atoms with van der Waals surface area (Å²) in [6, 6.07) is 80.1. The second kappa shape index (κ2) is 18.4. The highest BCUT2D eigenvalue weighted by Crippen LogP contribution is 2.60. The summed E-state index contributed by atoms with van der Waals surface area (Å²) in [5, 5.41) is 0. The van der Waals surface area contributed by atoms with Crippen molar-refractivity contribution in [1.29, 1.82) is 0 Å². The lowest BCUT2D eigenvalue weighted by molar-refractivity contribution is 0.177. The lowest BCUT2D eigenvalue weighted by atomic mass is 9.58. The largest absolute Gasteiger partial charge is 0.399 e. The van der Waals surface area contributed by atoms with Crippen molar-refractivity contribution in [2.24, 2.45) is 5.73 Å². The number of benzene rings is 10. The van der Waals surface area contributed by atoms with Gasteiger partial charge in [0.15, 0.2) is 0 Å². The van der Waals surface area contributed by atoms with E-state index in [-0.39, 0.29) is 0 Å². The molecule has 3 aliphatic rings. The van der Waals surface area contributed by atoms with Crippen LogP contribution in [0, 0.1) is 6.92 Å². The minimum absolute atomic E-state index is 0.409. The van der Waals surface area contributed by atoms with Crippen molar-refractivity contribution >= 4 is 52.4 Å². The van der Waals surface area contributed by atoms with Crippen LogP contribution in [0.2, 0.25) is 0 Å². The number of thiol groups is 1. The molecule has 10 aromatic rings. The predicted molar refractivity (Wildman–Crippen MR) is 320 cm³/mol. The Morgan fingerprint density at radius 3 is 1.77 bits per heavy atom. The lowest BCUT2D eigenvalue weighted by Crippen LogP contribution is -2.56. The molecule has 2 bridgehead atoms. The zero-order valence-electron chi connectivity index (χ0n) is 42.8. The van der Waals surface area contributed by atoms with E-state index in [1.165, 1.54) is 50.1 Å². The molecule has 366 valence electrons. The van der Waals surface area contributed by atoms with Crippen LogP contribution in [0.25, 0.3) is 66.8 Å². The van der Waals surface area contributed by atoms with Crippen molar-refractivity contribution in [2.45, 2.75) is 68.7 Å². The Labute approximate surface area is 447 Å². The third-order valence-electron chi connectivity index (χ3n) is 16.9. The summed E-state index contributed by atoms with van der Waals surface area (Å²) in [6.07, 6.45) is 4.90. The first-order valence-corrected chi connectivity index (χ1v) is 26.9. The zero-order chi connectivity index (χ0) is 51.0. The molecule has 0 aromatic heterocycles. The molecule has 0 spiro atoms. The van der Waals surface area contributed by atoms with E-state index in [9.17, 15) is 0 Å². The van der Waals surface area contributed by atoms with Crippen LogP contribution in [0.4, 0.5) is 39.8 Å². The standard InChI is InChI=1S/C70H60N4S/c1-45-17-16-23-50(37-45)48-29-33-55(34-30-48)73(54-31-27-47(28-32-54)46-18-6-4-7-19-46)56-42-61-60-40-53(71)41-63(69(2)35-14-15-36-70(69,3)72)67(60)62-44-59-52(38-51-22-10-11-24-57(51)59)39-65(62)74(66(43-56)68(61)75)64-26-13-12-25-58(64)49-20-8-5-9-21-49/h4-13,16-34,37,39-44,75H,14-15,35-36,38,71-72H2,1-3H3. The second-order valence-electron chi connectivity index (χ2n) is 21.6. The van der Waals surface area contributed by atoms with Gasteiger partial charge in [-0.05, 0) is 172 Å². The molecule has 1 heterocycles. The Morgan fingerprint density at radius 1 is 0.453 bits per heavy atom. The Kier molecular flexibility index (Phi) is 11.4. The molecular weight excluding hydrogens is 929 g/mol. The van der Waals surface area contributed by atoms with Gasteiger partial charge >= 0.3 is 0 Å². The van der Waals surface area contributed by atoms with E-state index in [4.69, 9.17) is 24.1 Å². The fraction of sp³-hybridized carbons (Fsp3) is 0.143. The van der Waals surface area contributed by atoms with E-state index in [2.05, 4.69) is 249 Å². The number of anilines is 7. The smallest absolute Gasteiger partial charge is 0.0622 e. The Bertz CT molecular complexity index is 3820. The molecule has 1 aliphatic heterocycles.